The van der Waals surface area contributed by atoms with Crippen LogP contribution in [0.2, 0.25) is 0 Å². The van der Waals surface area contributed by atoms with E-state index >= 15 is 0 Å². The minimum atomic E-state index is -4.02. The van der Waals surface area contributed by atoms with Crippen molar-refractivity contribution in [1.82, 2.24) is 0 Å². The zero-order valence-corrected chi connectivity index (χ0v) is 9.85. The summed E-state index contributed by atoms with van der Waals surface area (Å²) in [4.78, 5) is 0. The van der Waals surface area contributed by atoms with Crippen LogP contribution < -0.4 is 5.73 Å². The normalized spacial score (nSPS) is 28.6. The first-order valence-electron chi connectivity index (χ1n) is 5.78. The molecule has 1 rings (SSSR count). The molecular formula is C12H20F3N. The molecule has 1 atom stereocenters. The zero-order chi connectivity index (χ0) is 12.3. The number of allylic oxidation sites excluding steroid dienone is 1. The molecule has 0 aliphatic heterocycles. The van der Waals surface area contributed by atoms with Crippen LogP contribution >= 0.6 is 0 Å². The summed E-state index contributed by atoms with van der Waals surface area (Å²) >= 11 is 0. The van der Waals surface area contributed by atoms with Crippen LogP contribution in [0.1, 0.15) is 39.5 Å². The van der Waals surface area contributed by atoms with Gasteiger partial charge >= 0.3 is 6.18 Å². The molecular weight excluding hydrogens is 215 g/mol. The van der Waals surface area contributed by atoms with E-state index in [4.69, 9.17) is 5.73 Å². The van der Waals surface area contributed by atoms with Crippen molar-refractivity contribution in [2.45, 2.75) is 51.7 Å². The van der Waals surface area contributed by atoms with Crippen molar-refractivity contribution in [2.75, 3.05) is 0 Å². The Balaban J connectivity index is 2.46. The van der Waals surface area contributed by atoms with Crippen molar-refractivity contribution in [3.63, 3.8) is 0 Å². The SMILES string of the molecule is CC(C)=CC(N)C1CCC(C(F)(F)F)CC1. The maximum absolute atomic E-state index is 12.4. The Morgan fingerprint density at radius 1 is 1.19 bits per heavy atom. The van der Waals surface area contributed by atoms with Gasteiger partial charge in [0.15, 0.2) is 0 Å². The number of rotatable bonds is 2. The molecule has 1 nitrogen and oxygen atoms in total. The maximum atomic E-state index is 12.4. The lowest BCUT2D eigenvalue weighted by Crippen LogP contribution is -2.35. The molecule has 1 aliphatic rings. The zero-order valence-electron chi connectivity index (χ0n) is 9.85. The smallest absolute Gasteiger partial charge is 0.324 e. The number of hydrogen-bond acceptors (Lipinski definition) is 1. The topological polar surface area (TPSA) is 26.0 Å². The van der Waals surface area contributed by atoms with E-state index in [1.54, 1.807) is 0 Å². The second-order valence-corrected chi connectivity index (χ2v) is 4.97. The van der Waals surface area contributed by atoms with Gasteiger partial charge in [0, 0.05) is 6.04 Å². The van der Waals surface area contributed by atoms with E-state index in [-0.39, 0.29) is 24.8 Å². The molecule has 0 aromatic heterocycles. The molecule has 0 heterocycles. The number of nitrogens with two attached hydrogens (primary N) is 1. The van der Waals surface area contributed by atoms with Gasteiger partial charge in [-0.2, -0.15) is 13.2 Å². The van der Waals surface area contributed by atoms with Crippen molar-refractivity contribution < 1.29 is 13.2 Å². The summed E-state index contributed by atoms with van der Waals surface area (Å²) in [5.41, 5.74) is 7.08. The molecule has 0 spiro atoms. The third kappa shape index (κ3) is 3.81. The van der Waals surface area contributed by atoms with Crippen molar-refractivity contribution in [3.8, 4) is 0 Å². The lowest BCUT2D eigenvalue weighted by atomic mass is 9.78. The van der Waals surface area contributed by atoms with Crippen LogP contribution in [-0.4, -0.2) is 12.2 Å². The summed E-state index contributed by atoms with van der Waals surface area (Å²) in [5, 5.41) is 0. The summed E-state index contributed by atoms with van der Waals surface area (Å²) in [6.45, 7) is 3.92. The Labute approximate surface area is 94.9 Å². The molecule has 1 aliphatic carbocycles. The third-order valence-electron chi connectivity index (χ3n) is 3.30. The summed E-state index contributed by atoms with van der Waals surface area (Å²) in [5.74, 6) is -0.892. The third-order valence-corrected chi connectivity index (χ3v) is 3.30. The fourth-order valence-corrected chi connectivity index (χ4v) is 2.35. The molecule has 0 aromatic rings. The van der Waals surface area contributed by atoms with Gasteiger partial charge in [0.25, 0.3) is 0 Å². The minimum Gasteiger partial charge on any atom is -0.324 e. The fraction of sp³-hybridized carbons (Fsp3) is 0.833. The number of halogens is 3. The molecule has 16 heavy (non-hydrogen) atoms. The standard InChI is InChI=1S/C12H20F3N/c1-8(2)7-11(16)9-3-5-10(6-4-9)12(13,14)15/h7,9-11H,3-6,16H2,1-2H3. The van der Waals surface area contributed by atoms with Crippen LogP contribution in [0.3, 0.4) is 0 Å². The highest BCUT2D eigenvalue weighted by Crippen LogP contribution is 2.40. The van der Waals surface area contributed by atoms with Gasteiger partial charge < -0.3 is 5.73 Å². The number of alkyl halides is 3. The molecule has 0 radical (unpaired) electrons. The predicted octanol–water partition coefficient (Wildman–Crippen LogP) is 3.65. The van der Waals surface area contributed by atoms with Crippen molar-refractivity contribution in [2.24, 2.45) is 17.6 Å². The van der Waals surface area contributed by atoms with Crippen LogP contribution in [0.15, 0.2) is 11.6 Å². The van der Waals surface area contributed by atoms with Crippen LogP contribution in [0.4, 0.5) is 13.2 Å². The van der Waals surface area contributed by atoms with Crippen LogP contribution in [-0.2, 0) is 0 Å². The Morgan fingerprint density at radius 3 is 2.06 bits per heavy atom. The summed E-state index contributed by atoms with van der Waals surface area (Å²) in [6, 6.07) is -0.0841. The first-order chi connectivity index (χ1) is 7.30. The average Bonchev–Trinajstić information content (AvgIpc) is 2.15. The molecule has 2 N–H and O–H groups in total. The maximum Gasteiger partial charge on any atom is 0.391 e. The van der Waals surface area contributed by atoms with E-state index in [9.17, 15) is 13.2 Å². The lowest BCUT2D eigenvalue weighted by Gasteiger charge is -2.32. The highest BCUT2D eigenvalue weighted by molar-refractivity contribution is 5.02. The molecule has 0 amide bonds. The van der Waals surface area contributed by atoms with Gasteiger partial charge in [-0.25, -0.2) is 0 Å². The summed E-state index contributed by atoms with van der Waals surface area (Å²) in [7, 11) is 0. The van der Waals surface area contributed by atoms with Gasteiger partial charge in [-0.15, -0.1) is 0 Å². The molecule has 0 aromatic carbocycles. The van der Waals surface area contributed by atoms with E-state index in [0.29, 0.717) is 12.8 Å². The minimum absolute atomic E-state index is 0.0841. The first-order valence-corrected chi connectivity index (χ1v) is 5.78. The van der Waals surface area contributed by atoms with Crippen molar-refractivity contribution in [1.29, 1.82) is 0 Å². The van der Waals surface area contributed by atoms with Crippen molar-refractivity contribution >= 4 is 0 Å². The highest BCUT2D eigenvalue weighted by atomic mass is 19.4. The highest BCUT2D eigenvalue weighted by Gasteiger charge is 2.41. The molecule has 1 saturated carbocycles. The van der Waals surface area contributed by atoms with Gasteiger partial charge in [-0.3, -0.25) is 0 Å². The number of hydrogen-bond donors (Lipinski definition) is 1. The fourth-order valence-electron chi connectivity index (χ4n) is 2.35. The molecule has 1 unspecified atom stereocenters. The van der Waals surface area contributed by atoms with Gasteiger partial charge in [-0.1, -0.05) is 11.6 Å². The average molecular weight is 235 g/mol. The molecule has 0 saturated heterocycles. The van der Waals surface area contributed by atoms with E-state index in [2.05, 4.69) is 0 Å². The van der Waals surface area contributed by atoms with Gasteiger partial charge in [-0.05, 0) is 45.4 Å². The molecule has 0 bridgehead atoms. The second kappa shape index (κ2) is 5.21. The van der Waals surface area contributed by atoms with E-state index in [1.165, 1.54) is 0 Å². The Morgan fingerprint density at radius 2 is 1.69 bits per heavy atom. The van der Waals surface area contributed by atoms with Crippen molar-refractivity contribution in [3.05, 3.63) is 11.6 Å². The Hall–Kier alpha value is -0.510. The monoisotopic (exact) mass is 235 g/mol. The largest absolute Gasteiger partial charge is 0.391 e. The van der Waals surface area contributed by atoms with Gasteiger partial charge in [0.05, 0.1) is 5.92 Å². The summed E-state index contributed by atoms with van der Waals surface area (Å²) in [6.07, 6.45) is -0.411. The molecule has 4 heteroatoms. The van der Waals surface area contributed by atoms with Crippen LogP contribution in [0.5, 0.6) is 0 Å². The van der Waals surface area contributed by atoms with Crippen LogP contribution in [0, 0.1) is 11.8 Å². The predicted molar refractivity (Wildman–Crippen MR) is 58.9 cm³/mol. The van der Waals surface area contributed by atoms with Crippen LogP contribution in [0.25, 0.3) is 0 Å². The summed E-state index contributed by atoms with van der Waals surface area (Å²) < 4.78 is 37.3. The van der Waals surface area contributed by atoms with Gasteiger partial charge in [0.2, 0.25) is 0 Å². The quantitative estimate of drug-likeness (QED) is 0.726. The van der Waals surface area contributed by atoms with E-state index in [1.807, 2.05) is 19.9 Å². The molecule has 1 fully saturated rings. The Kier molecular flexibility index (Phi) is 4.42. The Bertz CT molecular complexity index is 245. The van der Waals surface area contributed by atoms with E-state index in [0.717, 1.165) is 5.57 Å². The first kappa shape index (κ1) is 13.6. The molecule has 94 valence electrons. The lowest BCUT2D eigenvalue weighted by molar-refractivity contribution is -0.184. The van der Waals surface area contributed by atoms with E-state index < -0.39 is 12.1 Å². The van der Waals surface area contributed by atoms with Gasteiger partial charge in [0.1, 0.15) is 0 Å². The second-order valence-electron chi connectivity index (χ2n) is 4.97.